The Hall–Kier alpha value is -0.100. The summed E-state index contributed by atoms with van der Waals surface area (Å²) in [6.07, 6.45) is 0.423. The van der Waals surface area contributed by atoms with E-state index in [2.05, 4.69) is 0 Å². The minimum atomic E-state index is -1.31. The second-order valence-electron chi connectivity index (χ2n) is 2.11. The van der Waals surface area contributed by atoms with E-state index in [1.807, 2.05) is 0 Å². The summed E-state index contributed by atoms with van der Waals surface area (Å²) < 4.78 is 1.36. The minimum absolute atomic E-state index is 0.806. The van der Waals surface area contributed by atoms with E-state index in [9.17, 15) is 9.59 Å². The number of carboxylic acid groups (broad SMARTS) is 2. The summed E-state index contributed by atoms with van der Waals surface area (Å²) in [4.78, 5) is 18.9. The first kappa shape index (κ1) is 14.4. The average Bonchev–Trinajstić information content (AvgIpc) is 1.87. The molecule has 0 bridgehead atoms. The fourth-order valence-corrected chi connectivity index (χ4v) is 0.742. The summed E-state index contributed by atoms with van der Waals surface area (Å²) in [6, 6.07) is 0. The fraction of sp³-hybridized carbons (Fsp3) is 0.667. The van der Waals surface area contributed by atoms with Crippen LogP contribution in [0.3, 0.4) is 0 Å². The van der Waals surface area contributed by atoms with Crippen LogP contribution in [0.25, 0.3) is 0 Å². The third kappa shape index (κ3) is 22.5. The summed E-state index contributed by atoms with van der Waals surface area (Å²) in [5.41, 5.74) is 5.16. The van der Waals surface area contributed by atoms with Crippen LogP contribution in [-0.4, -0.2) is 56.6 Å². The molecule has 0 heterocycles. The van der Waals surface area contributed by atoms with Crippen LogP contribution >= 0.6 is 0 Å². The molecule has 4 N–H and O–H groups in total. The number of nitrogens with two attached hydrogens (primary N) is 1. The number of carbonyl (C=O) groups is 2. The van der Waals surface area contributed by atoms with Gasteiger partial charge in [0.05, 0.1) is 0 Å². The molecule has 0 spiro atoms. The van der Waals surface area contributed by atoms with Crippen LogP contribution in [0, 0.1) is 0 Å². The van der Waals surface area contributed by atoms with E-state index < -0.39 is 18.4 Å². The number of hydrogen-bond donors (Lipinski definition) is 3. The van der Waals surface area contributed by atoms with Crippen LogP contribution in [0.4, 0.5) is 0 Å². The van der Waals surface area contributed by atoms with Crippen molar-refractivity contribution in [2.75, 3.05) is 6.54 Å². The molecule has 0 unspecified atom stereocenters. The Kier molecular flexibility index (Phi) is 13.1. The van der Waals surface area contributed by atoms with E-state index in [1.54, 1.807) is 0 Å². The Bertz CT molecular complexity index is 126. The smallest absolute Gasteiger partial charge is 0.314 e. The molecule has 0 saturated heterocycles. The van der Waals surface area contributed by atoms with E-state index in [4.69, 9.17) is 15.9 Å². The molecule has 0 saturated carbocycles. The van der Waals surface area contributed by atoms with Gasteiger partial charge in [-0.05, 0) is 0 Å². The first-order chi connectivity index (χ1) is 5.54. The van der Waals surface area contributed by atoms with Crippen molar-refractivity contribution >= 4 is 39.9 Å². The van der Waals surface area contributed by atoms with Gasteiger partial charge in [0.25, 0.3) is 0 Å². The van der Waals surface area contributed by atoms with Gasteiger partial charge in [-0.2, -0.15) is 0 Å². The van der Waals surface area contributed by atoms with E-state index >= 15 is 0 Å². The predicted octanol–water partition coefficient (Wildman–Crippen LogP) is -0.532. The van der Waals surface area contributed by atoms with Crippen molar-refractivity contribution in [1.29, 1.82) is 0 Å². The van der Waals surface area contributed by atoms with Gasteiger partial charge in [-0.1, -0.05) is 0 Å². The van der Waals surface area contributed by atoms with Gasteiger partial charge in [0, 0.05) is 0 Å². The van der Waals surface area contributed by atoms with Gasteiger partial charge in [0.1, 0.15) is 6.42 Å². The molecule has 0 amide bonds. The van der Waals surface area contributed by atoms with Crippen molar-refractivity contribution < 1.29 is 19.8 Å². The first-order valence-electron chi connectivity index (χ1n) is 3.68. The Morgan fingerprint density at radius 1 is 1.25 bits per heavy atom. The van der Waals surface area contributed by atoms with Gasteiger partial charge in [-0.25, -0.2) is 0 Å². The number of carboxylic acids is 2. The summed E-state index contributed by atoms with van der Waals surface area (Å²) in [5, 5.41) is 15.4. The summed E-state index contributed by atoms with van der Waals surface area (Å²) >= 11 is 1.32. The van der Waals surface area contributed by atoms with Crippen molar-refractivity contribution in [3.05, 3.63) is 0 Å². The molecule has 66 valence electrons. The van der Waals surface area contributed by atoms with Crippen molar-refractivity contribution in [2.24, 2.45) is 5.73 Å². The summed E-state index contributed by atoms with van der Waals surface area (Å²) in [6.45, 7) is 0.878. The topological polar surface area (TPSA) is 101 Å². The molecule has 0 aromatic rings. The van der Waals surface area contributed by atoms with Crippen LogP contribution in [0.5, 0.6) is 0 Å². The number of hydrogen-bond acceptors (Lipinski definition) is 3. The monoisotopic (exact) mass is 185 g/mol. The predicted molar refractivity (Wildman–Crippen MR) is 44.1 cm³/mol. The zero-order valence-corrected chi connectivity index (χ0v) is 9.12. The molecule has 0 atom stereocenters. The Morgan fingerprint density at radius 3 is 1.67 bits per heavy atom. The average molecular weight is 185 g/mol. The van der Waals surface area contributed by atoms with E-state index in [1.165, 1.54) is 38.0 Å². The zero-order valence-electron chi connectivity index (χ0n) is 7.12. The quantitative estimate of drug-likeness (QED) is 0.403. The molecule has 5 nitrogen and oxygen atoms in total. The van der Waals surface area contributed by atoms with Crippen molar-refractivity contribution in [2.45, 2.75) is 16.5 Å². The van der Waals surface area contributed by atoms with E-state index in [0.29, 0.717) is 0 Å². The Labute approximate surface area is 88.4 Å². The zero-order chi connectivity index (χ0) is 9.98. The number of aliphatic carboxylic acids is 2. The summed E-state index contributed by atoms with van der Waals surface area (Å²) in [5.74, 6) is -2.62. The minimum Gasteiger partial charge on any atom is -0.481 e. The fourth-order valence-electron chi connectivity index (χ4n) is 0.333. The molecule has 0 fully saturated rings. The van der Waals surface area contributed by atoms with Crippen molar-refractivity contribution in [3.63, 3.8) is 0 Å². The maximum absolute atomic E-state index is 9.43. The van der Waals surface area contributed by atoms with Gasteiger partial charge >= 0.3 is 62.2 Å². The van der Waals surface area contributed by atoms with Crippen molar-refractivity contribution in [3.8, 4) is 0 Å². The molecular formula is C6H12NNaO4. The summed E-state index contributed by atoms with van der Waals surface area (Å²) in [7, 11) is 0. The van der Waals surface area contributed by atoms with Crippen LogP contribution in [0.15, 0.2) is 0 Å². The molecular weight excluding hydrogens is 173 g/mol. The van der Waals surface area contributed by atoms with Gasteiger partial charge in [0.15, 0.2) is 0 Å². The molecule has 0 aliphatic rings. The number of rotatable bonds is 4. The molecule has 12 heavy (non-hydrogen) atoms. The van der Waals surface area contributed by atoms with Gasteiger partial charge in [0.2, 0.25) is 0 Å². The van der Waals surface area contributed by atoms with Crippen molar-refractivity contribution in [1.82, 2.24) is 0 Å². The van der Waals surface area contributed by atoms with Crippen LogP contribution in [-0.2, 0) is 9.59 Å². The molecule has 0 aromatic heterocycles. The first-order valence-corrected chi connectivity index (χ1v) is 5.09. The van der Waals surface area contributed by atoms with Crippen LogP contribution in [0.2, 0.25) is 3.67 Å². The van der Waals surface area contributed by atoms with E-state index in [0.717, 1.165) is 6.54 Å². The molecule has 0 aliphatic carbocycles. The largest absolute Gasteiger partial charge is 0.481 e. The van der Waals surface area contributed by atoms with Gasteiger partial charge in [-0.15, -0.1) is 0 Å². The Balaban J connectivity index is 0. The molecule has 6 heteroatoms. The van der Waals surface area contributed by atoms with Gasteiger partial charge < -0.3 is 10.2 Å². The van der Waals surface area contributed by atoms with E-state index in [-0.39, 0.29) is 0 Å². The maximum Gasteiger partial charge on any atom is 0.314 e. The van der Waals surface area contributed by atoms with Crippen LogP contribution < -0.4 is 5.73 Å². The molecule has 0 aliphatic heterocycles. The second kappa shape index (κ2) is 10.9. The maximum atomic E-state index is 9.43. The third-order valence-electron chi connectivity index (χ3n) is 0.860. The second-order valence-corrected chi connectivity index (χ2v) is 3.11. The molecule has 0 rings (SSSR count). The normalized spacial score (nSPS) is 8.25. The van der Waals surface area contributed by atoms with Gasteiger partial charge in [-0.3, -0.25) is 9.59 Å². The van der Waals surface area contributed by atoms with Crippen LogP contribution in [0.1, 0.15) is 12.8 Å². The Morgan fingerprint density at radius 2 is 1.67 bits per heavy atom. The molecule has 0 aromatic carbocycles. The third-order valence-corrected chi connectivity index (χ3v) is 1.57. The SMILES string of the molecule is NCC[CH2][Na].O=C(O)CC(=O)O. The molecule has 0 radical (unpaired) electrons. The standard InChI is InChI=1S/C3H8N.C3H4O4.Na/c1-2-3-4;4-2(5)1-3(6)7;/h1-4H2;1H2,(H,4,5)(H,6,7);.